The number of nitrogens with zero attached hydrogens (tertiary/aromatic N) is 3. The summed E-state index contributed by atoms with van der Waals surface area (Å²) in [6, 6.07) is 26.0. The first-order valence-corrected chi connectivity index (χ1v) is 10.5. The molecule has 5 nitrogen and oxygen atoms in total. The number of fused-ring (bicyclic) bond motifs is 1. The van der Waals surface area contributed by atoms with Gasteiger partial charge in [0, 0.05) is 30.0 Å². The summed E-state index contributed by atoms with van der Waals surface area (Å²) in [7, 11) is 0. The zero-order chi connectivity index (χ0) is 20.3. The number of amides is 1. The predicted octanol–water partition coefficient (Wildman–Crippen LogP) is 5.40. The van der Waals surface area contributed by atoms with Gasteiger partial charge in [-0.05, 0) is 61.7 Å². The molecule has 3 aromatic carbocycles. The lowest BCUT2D eigenvalue weighted by Gasteiger charge is -2.26. The number of piperidine rings is 1. The second-order valence-electron chi connectivity index (χ2n) is 7.65. The third-order valence-electron chi connectivity index (χ3n) is 5.59. The molecule has 4 aromatic rings. The van der Waals surface area contributed by atoms with Gasteiger partial charge in [0.25, 0.3) is 5.91 Å². The summed E-state index contributed by atoms with van der Waals surface area (Å²) < 4.78 is 2.09. The third-order valence-corrected chi connectivity index (χ3v) is 5.59. The van der Waals surface area contributed by atoms with Crippen LogP contribution in [0.1, 0.15) is 29.6 Å². The fraction of sp³-hybridized carbons (Fsp3) is 0.200. The van der Waals surface area contributed by atoms with Crippen LogP contribution >= 0.6 is 0 Å². The number of para-hydroxylation sites is 2. The van der Waals surface area contributed by atoms with Crippen molar-refractivity contribution in [3.05, 3.63) is 84.4 Å². The molecule has 5 heteroatoms. The summed E-state index contributed by atoms with van der Waals surface area (Å²) in [5.74, 6) is 0.827. The summed E-state index contributed by atoms with van der Waals surface area (Å²) >= 11 is 0. The van der Waals surface area contributed by atoms with Crippen molar-refractivity contribution in [2.45, 2.75) is 19.3 Å². The second kappa shape index (κ2) is 8.03. The quantitative estimate of drug-likeness (QED) is 0.503. The van der Waals surface area contributed by atoms with Crippen LogP contribution in [0.4, 0.5) is 11.6 Å². The van der Waals surface area contributed by atoms with Crippen LogP contribution in [0, 0.1) is 0 Å². The SMILES string of the molecule is O=C(c1ccc2c(c1)nc(Nc1ccccc1)n2-c1ccccc1)N1CCCCC1. The van der Waals surface area contributed by atoms with Crippen molar-refractivity contribution < 1.29 is 4.79 Å². The van der Waals surface area contributed by atoms with Gasteiger partial charge in [-0.15, -0.1) is 0 Å². The molecule has 0 unspecified atom stereocenters. The molecular formula is C25H24N4O. The maximum absolute atomic E-state index is 13.0. The minimum Gasteiger partial charge on any atom is -0.339 e. The molecule has 30 heavy (non-hydrogen) atoms. The molecule has 1 N–H and O–H groups in total. The smallest absolute Gasteiger partial charge is 0.253 e. The fourth-order valence-corrected chi connectivity index (χ4v) is 4.07. The largest absolute Gasteiger partial charge is 0.339 e. The highest BCUT2D eigenvalue weighted by Crippen LogP contribution is 2.28. The van der Waals surface area contributed by atoms with Gasteiger partial charge in [0.2, 0.25) is 5.95 Å². The molecule has 1 aliphatic rings. The lowest BCUT2D eigenvalue weighted by atomic mass is 10.1. The number of hydrogen-bond acceptors (Lipinski definition) is 3. The summed E-state index contributed by atoms with van der Waals surface area (Å²) in [5, 5.41) is 3.43. The number of rotatable bonds is 4. The van der Waals surface area contributed by atoms with E-state index in [9.17, 15) is 4.79 Å². The van der Waals surface area contributed by atoms with E-state index in [0.29, 0.717) is 5.56 Å². The Balaban J connectivity index is 1.58. The van der Waals surface area contributed by atoms with Crippen LogP contribution in [0.2, 0.25) is 0 Å². The van der Waals surface area contributed by atoms with Gasteiger partial charge in [-0.2, -0.15) is 0 Å². The molecule has 150 valence electrons. The molecule has 0 radical (unpaired) electrons. The molecule has 1 amide bonds. The first kappa shape index (κ1) is 18.4. The zero-order valence-electron chi connectivity index (χ0n) is 16.8. The molecular weight excluding hydrogens is 372 g/mol. The number of nitrogens with one attached hydrogen (secondary N) is 1. The molecule has 1 saturated heterocycles. The standard InChI is InChI=1S/C25H24N4O/c30-24(28-16-8-3-9-17-28)19-14-15-23-22(18-19)27-25(26-20-10-4-1-5-11-20)29(23)21-12-6-2-7-13-21/h1-2,4-7,10-15,18H,3,8-9,16-17H2,(H,26,27). The van der Waals surface area contributed by atoms with Gasteiger partial charge < -0.3 is 10.2 Å². The van der Waals surface area contributed by atoms with Crippen molar-refractivity contribution in [3.63, 3.8) is 0 Å². The summed E-state index contributed by atoms with van der Waals surface area (Å²) in [5.41, 5.74) is 4.46. The normalized spacial score (nSPS) is 14.1. The number of hydrogen-bond donors (Lipinski definition) is 1. The Hall–Kier alpha value is -3.60. The fourth-order valence-electron chi connectivity index (χ4n) is 4.07. The van der Waals surface area contributed by atoms with Gasteiger partial charge in [-0.1, -0.05) is 36.4 Å². The van der Waals surface area contributed by atoms with Crippen LogP contribution in [-0.2, 0) is 0 Å². The van der Waals surface area contributed by atoms with Crippen LogP contribution < -0.4 is 5.32 Å². The number of aromatic nitrogens is 2. The van der Waals surface area contributed by atoms with E-state index in [1.807, 2.05) is 71.6 Å². The number of likely N-dealkylation sites (tertiary alicyclic amines) is 1. The third kappa shape index (κ3) is 3.54. The topological polar surface area (TPSA) is 50.2 Å². The highest BCUT2D eigenvalue weighted by atomic mass is 16.2. The molecule has 0 saturated carbocycles. The average molecular weight is 396 g/mol. The van der Waals surface area contributed by atoms with E-state index < -0.39 is 0 Å². The van der Waals surface area contributed by atoms with E-state index in [1.165, 1.54) is 6.42 Å². The zero-order valence-corrected chi connectivity index (χ0v) is 16.8. The van der Waals surface area contributed by atoms with Crippen LogP contribution in [0.5, 0.6) is 0 Å². The van der Waals surface area contributed by atoms with Crippen molar-refractivity contribution in [2.75, 3.05) is 18.4 Å². The Morgan fingerprint density at radius 1 is 0.833 bits per heavy atom. The molecule has 1 aromatic heterocycles. The minimum atomic E-state index is 0.100. The van der Waals surface area contributed by atoms with Crippen LogP contribution in [-0.4, -0.2) is 33.4 Å². The Bertz CT molecular complexity index is 1160. The first-order valence-electron chi connectivity index (χ1n) is 10.5. The Morgan fingerprint density at radius 3 is 2.27 bits per heavy atom. The Morgan fingerprint density at radius 2 is 1.53 bits per heavy atom. The van der Waals surface area contributed by atoms with Gasteiger partial charge in [-0.3, -0.25) is 9.36 Å². The molecule has 0 spiro atoms. The first-order chi connectivity index (χ1) is 14.8. The van der Waals surface area contributed by atoms with Crippen molar-refractivity contribution in [1.29, 1.82) is 0 Å². The lowest BCUT2D eigenvalue weighted by molar-refractivity contribution is 0.0724. The number of benzene rings is 3. The van der Waals surface area contributed by atoms with Crippen LogP contribution in [0.25, 0.3) is 16.7 Å². The average Bonchev–Trinajstić information content (AvgIpc) is 3.17. The highest BCUT2D eigenvalue weighted by molar-refractivity contribution is 5.98. The van der Waals surface area contributed by atoms with Crippen LogP contribution in [0.15, 0.2) is 78.9 Å². The number of carbonyl (C=O) groups excluding carboxylic acids is 1. The summed E-state index contributed by atoms with van der Waals surface area (Å²) in [6.45, 7) is 1.69. The van der Waals surface area contributed by atoms with E-state index in [0.717, 1.165) is 54.3 Å². The van der Waals surface area contributed by atoms with E-state index in [-0.39, 0.29) is 5.91 Å². The second-order valence-corrected chi connectivity index (χ2v) is 7.65. The van der Waals surface area contributed by atoms with Crippen LogP contribution in [0.3, 0.4) is 0 Å². The number of carbonyl (C=O) groups is 1. The van der Waals surface area contributed by atoms with E-state index in [4.69, 9.17) is 4.98 Å². The van der Waals surface area contributed by atoms with E-state index in [1.54, 1.807) is 0 Å². The van der Waals surface area contributed by atoms with Gasteiger partial charge >= 0.3 is 0 Å². The molecule has 0 bridgehead atoms. The minimum absolute atomic E-state index is 0.100. The molecule has 1 fully saturated rings. The van der Waals surface area contributed by atoms with Crippen molar-refractivity contribution in [3.8, 4) is 5.69 Å². The summed E-state index contributed by atoms with van der Waals surface area (Å²) in [4.78, 5) is 19.8. The highest BCUT2D eigenvalue weighted by Gasteiger charge is 2.20. The maximum Gasteiger partial charge on any atom is 0.253 e. The molecule has 1 aliphatic heterocycles. The van der Waals surface area contributed by atoms with Crippen molar-refractivity contribution in [1.82, 2.24) is 14.5 Å². The number of anilines is 2. The lowest BCUT2D eigenvalue weighted by Crippen LogP contribution is -2.35. The van der Waals surface area contributed by atoms with Gasteiger partial charge in [0.15, 0.2) is 0 Å². The monoisotopic (exact) mass is 396 g/mol. The molecule has 2 heterocycles. The van der Waals surface area contributed by atoms with Gasteiger partial charge in [-0.25, -0.2) is 4.98 Å². The maximum atomic E-state index is 13.0. The van der Waals surface area contributed by atoms with E-state index >= 15 is 0 Å². The predicted molar refractivity (Wildman–Crippen MR) is 121 cm³/mol. The molecule has 5 rings (SSSR count). The van der Waals surface area contributed by atoms with Gasteiger partial charge in [0.1, 0.15) is 0 Å². The Labute approximate surface area is 176 Å². The van der Waals surface area contributed by atoms with Gasteiger partial charge in [0.05, 0.1) is 11.0 Å². The summed E-state index contributed by atoms with van der Waals surface area (Å²) in [6.07, 6.45) is 3.38. The molecule has 0 atom stereocenters. The van der Waals surface area contributed by atoms with Crippen molar-refractivity contribution >= 4 is 28.6 Å². The Kier molecular flexibility index (Phi) is 4.93. The van der Waals surface area contributed by atoms with E-state index in [2.05, 4.69) is 22.0 Å². The number of imidazole rings is 1. The van der Waals surface area contributed by atoms with Crippen molar-refractivity contribution in [2.24, 2.45) is 0 Å². The molecule has 0 aliphatic carbocycles.